The zero-order chi connectivity index (χ0) is 31.7. The van der Waals surface area contributed by atoms with Crippen LogP contribution in [0.25, 0.3) is 0 Å². The largest absolute Gasteiger partial charge is 0.494 e. The second-order valence-electron chi connectivity index (χ2n) is 12.4. The first kappa shape index (κ1) is 33.1. The van der Waals surface area contributed by atoms with E-state index in [0.29, 0.717) is 24.3 Å². The number of alkyl halides is 3. The number of benzene rings is 1. The fourth-order valence-electron chi connectivity index (χ4n) is 5.92. The van der Waals surface area contributed by atoms with Gasteiger partial charge in [0, 0.05) is 68.8 Å². The molecule has 0 bridgehead atoms. The molecule has 1 aromatic carbocycles. The fraction of sp³-hybridized carbons (Fsp3) is 0.655. The molecule has 1 aliphatic heterocycles. The van der Waals surface area contributed by atoms with E-state index >= 15 is 0 Å². The lowest BCUT2D eigenvalue weighted by Crippen LogP contribution is -2.53. The van der Waals surface area contributed by atoms with Gasteiger partial charge in [0.25, 0.3) is 0 Å². The second-order valence-corrected chi connectivity index (χ2v) is 14.5. The minimum atomic E-state index is -4.71. The molecule has 1 saturated carbocycles. The van der Waals surface area contributed by atoms with Crippen molar-refractivity contribution in [3.63, 3.8) is 0 Å². The summed E-state index contributed by atoms with van der Waals surface area (Å²) in [4.78, 5) is 13.0. The minimum absolute atomic E-state index is 0.0384. The van der Waals surface area contributed by atoms with Crippen LogP contribution in [0.4, 0.5) is 36.3 Å². The first-order valence-electron chi connectivity index (χ1n) is 14.6. The van der Waals surface area contributed by atoms with Crippen molar-refractivity contribution in [1.82, 2.24) is 19.2 Å². The Labute approximate surface area is 253 Å². The molecular weight excluding hydrogens is 583 g/mol. The first-order valence-corrected chi connectivity index (χ1v) is 16.4. The molecule has 0 amide bonds. The average Bonchev–Trinajstić information content (AvgIpc) is 2.92. The van der Waals surface area contributed by atoms with E-state index in [1.807, 2.05) is 19.1 Å². The Morgan fingerprint density at radius 2 is 1.72 bits per heavy atom. The summed E-state index contributed by atoms with van der Waals surface area (Å²) in [7, 11) is -0.542. The maximum Gasteiger partial charge on any atom is 0.421 e. The predicted octanol–water partition coefficient (Wildman–Crippen LogP) is 5.09. The highest BCUT2D eigenvalue weighted by Crippen LogP contribution is 2.38. The Morgan fingerprint density at radius 3 is 2.30 bits per heavy atom. The number of halogens is 3. The molecule has 0 unspecified atom stereocenters. The summed E-state index contributed by atoms with van der Waals surface area (Å²) in [6.45, 7) is 12.2. The Kier molecular flexibility index (Phi) is 9.72. The van der Waals surface area contributed by atoms with Crippen molar-refractivity contribution in [2.75, 3.05) is 62.1 Å². The smallest absolute Gasteiger partial charge is 0.421 e. The highest BCUT2D eigenvalue weighted by Gasteiger charge is 2.38. The maximum atomic E-state index is 14.0. The molecule has 4 rings (SSSR count). The van der Waals surface area contributed by atoms with Gasteiger partial charge >= 0.3 is 6.18 Å². The number of aryl methyl sites for hydroxylation is 1. The molecule has 1 aliphatic carbocycles. The molecule has 0 spiro atoms. The molecule has 2 heterocycles. The van der Waals surface area contributed by atoms with Gasteiger partial charge in [-0.3, -0.25) is 4.90 Å². The van der Waals surface area contributed by atoms with Crippen molar-refractivity contribution >= 4 is 33.2 Å². The summed E-state index contributed by atoms with van der Waals surface area (Å²) in [5, 5.41) is 5.98. The van der Waals surface area contributed by atoms with Crippen LogP contribution in [-0.4, -0.2) is 91.8 Å². The zero-order valence-electron chi connectivity index (χ0n) is 26.0. The Morgan fingerprint density at radius 1 is 1.07 bits per heavy atom. The van der Waals surface area contributed by atoms with Crippen LogP contribution in [0.5, 0.6) is 5.75 Å². The van der Waals surface area contributed by atoms with Gasteiger partial charge in [-0.05, 0) is 52.2 Å². The van der Waals surface area contributed by atoms with E-state index in [1.165, 1.54) is 11.4 Å². The number of nitrogens with one attached hydrogen (secondary N) is 2. The van der Waals surface area contributed by atoms with Crippen molar-refractivity contribution in [1.29, 1.82) is 0 Å². The third kappa shape index (κ3) is 7.82. The lowest BCUT2D eigenvalue weighted by molar-refractivity contribution is -0.137. The van der Waals surface area contributed by atoms with Gasteiger partial charge < -0.3 is 20.3 Å². The normalized spacial score (nSPS) is 20.8. The molecule has 1 aromatic heterocycles. The van der Waals surface area contributed by atoms with Gasteiger partial charge in [0.05, 0.1) is 19.1 Å². The van der Waals surface area contributed by atoms with Crippen LogP contribution >= 0.6 is 0 Å². The van der Waals surface area contributed by atoms with Crippen LogP contribution < -0.4 is 20.3 Å². The summed E-state index contributed by atoms with van der Waals surface area (Å²) >= 11 is 0. The number of anilines is 4. The van der Waals surface area contributed by atoms with Gasteiger partial charge in [-0.25, -0.2) is 17.7 Å². The van der Waals surface area contributed by atoms with E-state index in [0.717, 1.165) is 62.7 Å². The summed E-state index contributed by atoms with van der Waals surface area (Å²) in [6, 6.07) is 2.77. The number of nitrogens with zero attached hydrogens (tertiary/aromatic N) is 5. The molecular formula is C29H44F3N7O3S. The highest BCUT2D eigenvalue weighted by atomic mass is 32.2. The Hall–Kier alpha value is -2.84. The number of hydrogen-bond acceptors (Lipinski definition) is 9. The first-order chi connectivity index (χ1) is 20.0. The summed E-state index contributed by atoms with van der Waals surface area (Å²) < 4.78 is 73.4. The Balaban J connectivity index is 1.60. The summed E-state index contributed by atoms with van der Waals surface area (Å²) in [5.41, 5.74) is 1.62. The monoisotopic (exact) mass is 627 g/mol. The number of likely N-dealkylation sites (N-methyl/N-ethyl adjacent to an activating group) is 1. The molecule has 2 fully saturated rings. The van der Waals surface area contributed by atoms with Crippen molar-refractivity contribution in [2.24, 2.45) is 0 Å². The minimum Gasteiger partial charge on any atom is -0.494 e. The van der Waals surface area contributed by atoms with Gasteiger partial charge in [0.1, 0.15) is 17.1 Å². The van der Waals surface area contributed by atoms with Crippen molar-refractivity contribution in [2.45, 2.75) is 77.2 Å². The molecule has 43 heavy (non-hydrogen) atoms. The lowest BCUT2D eigenvalue weighted by atomic mass is 9.90. The van der Waals surface area contributed by atoms with Gasteiger partial charge in [-0.1, -0.05) is 12.8 Å². The molecule has 2 N–H and O–H groups in total. The molecule has 10 nitrogen and oxygen atoms in total. The number of methoxy groups -OCH3 is 1. The lowest BCUT2D eigenvalue weighted by Gasteiger charge is -2.43. The molecule has 2 aliphatic rings. The highest BCUT2D eigenvalue weighted by molar-refractivity contribution is 7.88. The van der Waals surface area contributed by atoms with Gasteiger partial charge in [0.2, 0.25) is 16.0 Å². The number of rotatable bonds is 8. The van der Waals surface area contributed by atoms with E-state index in [-0.39, 0.29) is 11.5 Å². The third-order valence-corrected chi connectivity index (χ3v) is 9.79. The van der Waals surface area contributed by atoms with Gasteiger partial charge in [-0.2, -0.15) is 18.2 Å². The van der Waals surface area contributed by atoms with Gasteiger partial charge in [0.15, 0.2) is 0 Å². The molecule has 14 heteroatoms. The maximum absolute atomic E-state index is 14.0. The third-order valence-electron chi connectivity index (χ3n) is 8.47. The van der Waals surface area contributed by atoms with Crippen LogP contribution in [0.1, 0.15) is 57.6 Å². The number of piperazine rings is 1. The SMILES string of the molecule is COc1cc(N2CCN(C(C)(C)C)CC2)c(C)cc1Nc1ncc(C(F)(F)F)c(N[C@@H]2CCCC[C@H]2N(C)S(C)(=O)=O)n1. The van der Waals surface area contributed by atoms with E-state index in [1.54, 1.807) is 7.11 Å². The number of hydrogen-bond donors (Lipinski definition) is 2. The van der Waals surface area contributed by atoms with Crippen molar-refractivity contribution in [3.8, 4) is 5.75 Å². The Bertz CT molecular complexity index is 1390. The quantitative estimate of drug-likeness (QED) is 0.414. The standard InChI is InChI=1S/C29H44F3N7O3S/c1-19-16-22(25(42-6)17-24(19)38-12-14-39(15-13-38)28(2,3)4)35-27-33-18-20(29(30,31)32)26(36-27)34-21-10-8-9-11-23(21)37(5)43(7,40)41/h16-18,21,23H,8-15H2,1-7H3,(H2,33,34,35,36)/t21-,23-/m1/s1. The fourth-order valence-corrected chi connectivity index (χ4v) is 6.66. The average molecular weight is 628 g/mol. The second kappa shape index (κ2) is 12.6. The topological polar surface area (TPSA) is 103 Å². The zero-order valence-corrected chi connectivity index (χ0v) is 26.9. The molecule has 0 radical (unpaired) electrons. The van der Waals surface area contributed by atoms with Crippen LogP contribution in [0.15, 0.2) is 18.3 Å². The van der Waals surface area contributed by atoms with Crippen LogP contribution in [0, 0.1) is 6.92 Å². The van der Waals surface area contributed by atoms with Gasteiger partial charge in [-0.15, -0.1) is 0 Å². The van der Waals surface area contributed by atoms with E-state index in [9.17, 15) is 21.6 Å². The summed E-state index contributed by atoms with van der Waals surface area (Å²) in [5.74, 6) is 0.0791. The number of ether oxygens (including phenoxy) is 1. The van der Waals surface area contributed by atoms with Crippen molar-refractivity contribution in [3.05, 3.63) is 29.5 Å². The molecule has 240 valence electrons. The van der Waals surface area contributed by atoms with E-state index in [4.69, 9.17) is 4.74 Å². The molecule has 2 aromatic rings. The van der Waals surface area contributed by atoms with Crippen LogP contribution in [0.3, 0.4) is 0 Å². The molecule has 2 atom stereocenters. The number of aromatic nitrogens is 2. The van der Waals surface area contributed by atoms with Crippen LogP contribution in [0.2, 0.25) is 0 Å². The molecule has 1 saturated heterocycles. The van der Waals surface area contributed by atoms with Crippen molar-refractivity contribution < 1.29 is 26.3 Å². The predicted molar refractivity (Wildman–Crippen MR) is 164 cm³/mol. The van der Waals surface area contributed by atoms with E-state index < -0.39 is 39.7 Å². The number of sulfonamides is 1. The van der Waals surface area contributed by atoms with Crippen LogP contribution in [-0.2, 0) is 16.2 Å². The summed E-state index contributed by atoms with van der Waals surface area (Å²) in [6.07, 6.45) is -0.276. The van der Waals surface area contributed by atoms with E-state index in [2.05, 4.69) is 51.2 Å².